The van der Waals surface area contributed by atoms with Crippen LogP contribution in [0.4, 0.5) is 5.69 Å². The summed E-state index contributed by atoms with van der Waals surface area (Å²) in [7, 11) is 0. The first-order valence-corrected chi connectivity index (χ1v) is 9.32. The van der Waals surface area contributed by atoms with Gasteiger partial charge in [-0.15, -0.1) is 0 Å². The molecule has 3 N–H and O–H groups in total. The van der Waals surface area contributed by atoms with E-state index in [0.29, 0.717) is 31.1 Å². The van der Waals surface area contributed by atoms with Crippen LogP contribution in [0.25, 0.3) is 0 Å². The van der Waals surface area contributed by atoms with Crippen molar-refractivity contribution in [3.8, 4) is 5.75 Å². The van der Waals surface area contributed by atoms with Crippen molar-refractivity contribution < 1.29 is 14.3 Å². The Morgan fingerprint density at radius 3 is 2.54 bits per heavy atom. The lowest BCUT2D eigenvalue weighted by Gasteiger charge is -2.11. The molecule has 0 aliphatic carbocycles. The standard InChI is InChI=1S/C21H24N4O3/c22-13-15-28-18-8-6-17(7-9-18)23-20(26)10-11-21(27)25-14-12-19(24-25)16-4-2-1-3-5-16/h1-9H,10-15,22H2,(H,23,26). The fourth-order valence-corrected chi connectivity index (χ4v) is 2.85. The number of anilines is 1. The highest BCUT2D eigenvalue weighted by atomic mass is 16.5. The minimum atomic E-state index is -0.213. The predicted molar refractivity (Wildman–Crippen MR) is 108 cm³/mol. The summed E-state index contributed by atoms with van der Waals surface area (Å²) in [4.78, 5) is 24.4. The predicted octanol–water partition coefficient (Wildman–Crippen LogP) is 2.38. The minimum Gasteiger partial charge on any atom is -0.492 e. The molecular weight excluding hydrogens is 356 g/mol. The first-order valence-electron chi connectivity index (χ1n) is 9.32. The van der Waals surface area contributed by atoms with E-state index in [9.17, 15) is 9.59 Å². The molecule has 0 saturated carbocycles. The van der Waals surface area contributed by atoms with Crippen molar-refractivity contribution in [1.82, 2.24) is 5.01 Å². The Hall–Kier alpha value is -3.19. The van der Waals surface area contributed by atoms with Gasteiger partial charge < -0.3 is 15.8 Å². The van der Waals surface area contributed by atoms with Gasteiger partial charge in [0.2, 0.25) is 11.8 Å². The van der Waals surface area contributed by atoms with Crippen LogP contribution < -0.4 is 15.8 Å². The largest absolute Gasteiger partial charge is 0.492 e. The van der Waals surface area contributed by atoms with Gasteiger partial charge in [-0.3, -0.25) is 9.59 Å². The number of ether oxygens (including phenoxy) is 1. The van der Waals surface area contributed by atoms with Gasteiger partial charge in [0.15, 0.2) is 0 Å². The summed E-state index contributed by atoms with van der Waals surface area (Å²) in [6.45, 7) is 1.44. The molecular formula is C21H24N4O3. The number of hydrazone groups is 1. The van der Waals surface area contributed by atoms with Crippen molar-refractivity contribution in [3.05, 3.63) is 60.2 Å². The molecule has 2 aromatic rings. The van der Waals surface area contributed by atoms with E-state index in [1.807, 2.05) is 30.3 Å². The van der Waals surface area contributed by atoms with Gasteiger partial charge >= 0.3 is 0 Å². The van der Waals surface area contributed by atoms with Gasteiger partial charge in [-0.2, -0.15) is 5.10 Å². The number of carbonyl (C=O) groups is 2. The van der Waals surface area contributed by atoms with Crippen LogP contribution in [0.15, 0.2) is 59.7 Å². The maximum atomic E-state index is 12.3. The lowest BCUT2D eigenvalue weighted by molar-refractivity contribution is -0.132. The Bertz CT molecular complexity index is 834. The van der Waals surface area contributed by atoms with Crippen LogP contribution in [0, 0.1) is 0 Å². The highest BCUT2D eigenvalue weighted by Gasteiger charge is 2.21. The van der Waals surface area contributed by atoms with Crippen molar-refractivity contribution >= 4 is 23.2 Å². The number of amides is 2. The number of benzene rings is 2. The zero-order chi connectivity index (χ0) is 19.8. The summed E-state index contributed by atoms with van der Waals surface area (Å²) >= 11 is 0. The molecule has 0 atom stereocenters. The van der Waals surface area contributed by atoms with Gasteiger partial charge in [0.1, 0.15) is 12.4 Å². The molecule has 0 spiro atoms. The fraction of sp³-hybridized carbons (Fsp3) is 0.286. The molecule has 0 radical (unpaired) electrons. The molecule has 0 unspecified atom stereocenters. The molecule has 146 valence electrons. The highest BCUT2D eigenvalue weighted by molar-refractivity contribution is 6.02. The molecule has 3 rings (SSSR count). The van der Waals surface area contributed by atoms with Gasteiger partial charge in [-0.05, 0) is 29.8 Å². The molecule has 7 heteroatoms. The second-order valence-electron chi connectivity index (χ2n) is 6.39. The van der Waals surface area contributed by atoms with Crippen molar-refractivity contribution in [2.45, 2.75) is 19.3 Å². The van der Waals surface area contributed by atoms with E-state index >= 15 is 0 Å². The number of nitrogens with one attached hydrogen (secondary N) is 1. The second-order valence-corrected chi connectivity index (χ2v) is 6.39. The molecule has 0 saturated heterocycles. The first kappa shape index (κ1) is 19.6. The van der Waals surface area contributed by atoms with E-state index in [0.717, 1.165) is 17.7 Å². The summed E-state index contributed by atoms with van der Waals surface area (Å²) in [5.74, 6) is 0.335. The van der Waals surface area contributed by atoms with Crippen LogP contribution >= 0.6 is 0 Å². The maximum Gasteiger partial charge on any atom is 0.243 e. The van der Waals surface area contributed by atoms with Crippen LogP contribution in [-0.2, 0) is 9.59 Å². The number of hydrogen-bond donors (Lipinski definition) is 2. The van der Waals surface area contributed by atoms with Crippen LogP contribution in [0.3, 0.4) is 0 Å². The molecule has 1 heterocycles. The van der Waals surface area contributed by atoms with Crippen LogP contribution in [0.2, 0.25) is 0 Å². The number of nitrogens with two attached hydrogens (primary N) is 1. The van der Waals surface area contributed by atoms with Gasteiger partial charge in [-0.25, -0.2) is 5.01 Å². The molecule has 28 heavy (non-hydrogen) atoms. The van der Waals surface area contributed by atoms with Crippen LogP contribution in [0.1, 0.15) is 24.8 Å². The minimum absolute atomic E-state index is 0.108. The van der Waals surface area contributed by atoms with E-state index in [-0.39, 0.29) is 24.7 Å². The number of hydrogen-bond acceptors (Lipinski definition) is 5. The van der Waals surface area contributed by atoms with E-state index < -0.39 is 0 Å². The smallest absolute Gasteiger partial charge is 0.243 e. The molecule has 0 fully saturated rings. The summed E-state index contributed by atoms with van der Waals surface area (Å²) in [5.41, 5.74) is 7.97. The quantitative estimate of drug-likeness (QED) is 0.735. The summed E-state index contributed by atoms with van der Waals surface area (Å²) in [5, 5.41) is 8.64. The lowest BCUT2D eigenvalue weighted by Crippen LogP contribution is -2.24. The maximum absolute atomic E-state index is 12.3. The molecule has 1 aliphatic heterocycles. The topological polar surface area (TPSA) is 97.0 Å². The SMILES string of the molecule is NCCOc1ccc(NC(=O)CCC(=O)N2CCC(c3ccccc3)=N2)cc1. The third kappa shape index (κ3) is 5.40. The number of rotatable bonds is 8. The van der Waals surface area contributed by atoms with Crippen LogP contribution in [-0.4, -0.2) is 42.2 Å². The van der Waals surface area contributed by atoms with E-state index in [1.54, 1.807) is 24.3 Å². The fourth-order valence-electron chi connectivity index (χ4n) is 2.85. The number of nitrogens with zero attached hydrogens (tertiary/aromatic N) is 2. The Morgan fingerprint density at radius 1 is 1.07 bits per heavy atom. The highest BCUT2D eigenvalue weighted by Crippen LogP contribution is 2.17. The Morgan fingerprint density at radius 2 is 1.82 bits per heavy atom. The Balaban J connectivity index is 1.45. The molecule has 2 amide bonds. The van der Waals surface area contributed by atoms with Gasteiger partial charge in [0, 0.05) is 31.5 Å². The first-order chi connectivity index (χ1) is 13.7. The lowest BCUT2D eigenvalue weighted by atomic mass is 10.1. The zero-order valence-corrected chi connectivity index (χ0v) is 15.6. The number of carbonyl (C=O) groups excluding carboxylic acids is 2. The van der Waals surface area contributed by atoms with Gasteiger partial charge in [0.05, 0.1) is 12.3 Å². The Kier molecular flexibility index (Phi) is 6.75. The van der Waals surface area contributed by atoms with Crippen molar-refractivity contribution in [1.29, 1.82) is 0 Å². The third-order valence-corrected chi connectivity index (χ3v) is 4.29. The monoisotopic (exact) mass is 380 g/mol. The van der Waals surface area contributed by atoms with Crippen molar-refractivity contribution in [2.75, 3.05) is 25.0 Å². The van der Waals surface area contributed by atoms with Gasteiger partial charge in [0.25, 0.3) is 0 Å². The average molecular weight is 380 g/mol. The van der Waals surface area contributed by atoms with E-state index in [4.69, 9.17) is 10.5 Å². The van der Waals surface area contributed by atoms with Gasteiger partial charge in [-0.1, -0.05) is 30.3 Å². The molecule has 0 aromatic heterocycles. The van der Waals surface area contributed by atoms with E-state index in [1.165, 1.54) is 5.01 Å². The van der Waals surface area contributed by atoms with Crippen molar-refractivity contribution in [3.63, 3.8) is 0 Å². The third-order valence-electron chi connectivity index (χ3n) is 4.29. The normalized spacial score (nSPS) is 13.2. The van der Waals surface area contributed by atoms with E-state index in [2.05, 4.69) is 10.4 Å². The summed E-state index contributed by atoms with van der Waals surface area (Å²) < 4.78 is 5.39. The molecule has 7 nitrogen and oxygen atoms in total. The average Bonchev–Trinajstić information content (AvgIpc) is 3.22. The van der Waals surface area contributed by atoms with Crippen LogP contribution in [0.5, 0.6) is 5.75 Å². The Labute approximate surface area is 164 Å². The summed E-state index contributed by atoms with van der Waals surface area (Å²) in [6, 6.07) is 16.8. The second kappa shape index (κ2) is 9.66. The zero-order valence-electron chi connectivity index (χ0n) is 15.6. The van der Waals surface area contributed by atoms with Crippen molar-refractivity contribution in [2.24, 2.45) is 10.8 Å². The molecule has 1 aliphatic rings. The molecule has 0 bridgehead atoms. The summed E-state index contributed by atoms with van der Waals surface area (Å²) in [6.07, 6.45) is 0.951. The molecule has 2 aromatic carbocycles.